The van der Waals surface area contributed by atoms with Gasteiger partial charge >= 0.3 is 0 Å². The highest BCUT2D eigenvalue weighted by atomic mass is 13.9. The highest BCUT2D eigenvalue weighted by Gasteiger charge is 1.87. The van der Waals surface area contributed by atoms with Gasteiger partial charge in [-0.3, -0.25) is 0 Å². The molecule has 0 atom stereocenters. The van der Waals surface area contributed by atoms with Gasteiger partial charge in [-0.05, 0) is 58.3 Å². The fraction of sp³-hybridized carbons (Fsp3) is 0.647. The Hall–Kier alpha value is -0.780. The quantitative estimate of drug-likeness (QED) is 0.278. The molecule has 0 amide bonds. The van der Waals surface area contributed by atoms with Crippen molar-refractivity contribution >= 4 is 0 Å². The van der Waals surface area contributed by atoms with Gasteiger partial charge in [-0.25, -0.2) is 0 Å². The molecule has 0 N–H and O–H groups in total. The summed E-state index contributed by atoms with van der Waals surface area (Å²) in [6.07, 6.45) is 24.2. The SMILES string of the molecule is C=CCCCCCC=CCCCCC/C=C\C. The second-order valence-electron chi connectivity index (χ2n) is 4.61. The Morgan fingerprint density at radius 1 is 0.647 bits per heavy atom. The Morgan fingerprint density at radius 2 is 1.12 bits per heavy atom. The normalized spacial score (nSPS) is 11.6. The molecule has 0 saturated heterocycles. The predicted octanol–water partition coefficient (Wildman–Crippen LogP) is 6.21. The zero-order valence-corrected chi connectivity index (χ0v) is 11.7. The number of hydrogen-bond acceptors (Lipinski definition) is 0. The Bertz CT molecular complexity index is 198. The third kappa shape index (κ3) is 15.2. The molecular formula is C17H30. The third-order valence-corrected chi connectivity index (χ3v) is 2.92. The van der Waals surface area contributed by atoms with Crippen LogP contribution in [-0.2, 0) is 0 Å². The van der Waals surface area contributed by atoms with Crippen LogP contribution in [0.1, 0.15) is 71.1 Å². The molecular weight excluding hydrogens is 204 g/mol. The van der Waals surface area contributed by atoms with E-state index >= 15 is 0 Å². The van der Waals surface area contributed by atoms with E-state index in [0.717, 1.165) is 0 Å². The van der Waals surface area contributed by atoms with Gasteiger partial charge in [0.1, 0.15) is 0 Å². The van der Waals surface area contributed by atoms with E-state index in [1.54, 1.807) is 0 Å². The summed E-state index contributed by atoms with van der Waals surface area (Å²) >= 11 is 0. The zero-order valence-electron chi connectivity index (χ0n) is 11.7. The van der Waals surface area contributed by atoms with E-state index in [4.69, 9.17) is 0 Å². The maximum absolute atomic E-state index is 3.74. The van der Waals surface area contributed by atoms with Crippen LogP contribution < -0.4 is 0 Å². The molecule has 98 valence electrons. The summed E-state index contributed by atoms with van der Waals surface area (Å²) in [5, 5.41) is 0. The van der Waals surface area contributed by atoms with E-state index in [1.807, 2.05) is 6.08 Å². The summed E-state index contributed by atoms with van der Waals surface area (Å²) in [6.45, 7) is 5.83. The molecule has 0 aliphatic carbocycles. The number of allylic oxidation sites excluding steroid dienone is 5. The minimum absolute atomic E-state index is 1.18. The molecule has 0 aromatic heterocycles. The van der Waals surface area contributed by atoms with E-state index in [1.165, 1.54) is 64.2 Å². The van der Waals surface area contributed by atoms with Gasteiger partial charge in [0.05, 0.1) is 0 Å². The molecule has 0 radical (unpaired) electrons. The second-order valence-corrected chi connectivity index (χ2v) is 4.61. The summed E-state index contributed by atoms with van der Waals surface area (Å²) < 4.78 is 0. The molecule has 0 bridgehead atoms. The van der Waals surface area contributed by atoms with Crippen molar-refractivity contribution in [2.45, 2.75) is 71.1 Å². The van der Waals surface area contributed by atoms with Gasteiger partial charge in [0, 0.05) is 0 Å². The van der Waals surface area contributed by atoms with E-state index in [-0.39, 0.29) is 0 Å². The first-order chi connectivity index (χ1) is 8.41. The van der Waals surface area contributed by atoms with Crippen LogP contribution in [0.15, 0.2) is 37.0 Å². The van der Waals surface area contributed by atoms with Crippen molar-refractivity contribution < 1.29 is 0 Å². The molecule has 0 aromatic rings. The maximum atomic E-state index is 3.74. The lowest BCUT2D eigenvalue weighted by Crippen LogP contribution is -1.76. The molecule has 0 heteroatoms. The predicted molar refractivity (Wildman–Crippen MR) is 80.3 cm³/mol. The minimum atomic E-state index is 1.18. The van der Waals surface area contributed by atoms with Gasteiger partial charge in [-0.15, -0.1) is 6.58 Å². The van der Waals surface area contributed by atoms with Gasteiger partial charge in [-0.2, -0.15) is 0 Å². The van der Waals surface area contributed by atoms with Crippen molar-refractivity contribution in [2.24, 2.45) is 0 Å². The zero-order chi connectivity index (χ0) is 12.6. The van der Waals surface area contributed by atoms with Crippen molar-refractivity contribution in [3.63, 3.8) is 0 Å². The largest absolute Gasteiger partial charge is 0.103 e. The number of rotatable bonds is 12. The van der Waals surface area contributed by atoms with Gasteiger partial charge in [0.2, 0.25) is 0 Å². The topological polar surface area (TPSA) is 0 Å². The van der Waals surface area contributed by atoms with Crippen LogP contribution in [0, 0.1) is 0 Å². The standard InChI is InChI=1S/C17H30/c1-3-5-7-9-11-13-15-17-16-14-12-10-8-6-4-2/h3-4,6,15,17H,1,5,7-14,16H2,2H3/b6-4-,17-15?. The minimum Gasteiger partial charge on any atom is -0.103 e. The molecule has 0 saturated carbocycles. The van der Waals surface area contributed by atoms with Crippen molar-refractivity contribution in [3.8, 4) is 0 Å². The number of hydrogen-bond donors (Lipinski definition) is 0. The lowest BCUT2D eigenvalue weighted by atomic mass is 10.1. The molecule has 0 nitrogen and oxygen atoms in total. The first-order valence-corrected chi connectivity index (χ1v) is 7.29. The van der Waals surface area contributed by atoms with Crippen molar-refractivity contribution in [1.82, 2.24) is 0 Å². The molecule has 0 spiro atoms. The van der Waals surface area contributed by atoms with Crippen molar-refractivity contribution in [3.05, 3.63) is 37.0 Å². The first kappa shape index (κ1) is 16.2. The smallest absolute Gasteiger partial charge is 0.0351 e. The van der Waals surface area contributed by atoms with E-state index < -0.39 is 0 Å². The molecule has 0 heterocycles. The highest BCUT2D eigenvalue weighted by molar-refractivity contribution is 4.82. The molecule has 0 aromatic carbocycles. The molecule has 0 rings (SSSR count). The Kier molecular flexibility index (Phi) is 14.5. The van der Waals surface area contributed by atoms with Gasteiger partial charge in [-0.1, -0.05) is 43.2 Å². The summed E-state index contributed by atoms with van der Waals surface area (Å²) in [5.74, 6) is 0. The highest BCUT2D eigenvalue weighted by Crippen LogP contribution is 2.07. The van der Waals surface area contributed by atoms with Crippen LogP contribution in [0.3, 0.4) is 0 Å². The second kappa shape index (κ2) is 15.2. The van der Waals surface area contributed by atoms with Crippen LogP contribution in [0.2, 0.25) is 0 Å². The fourth-order valence-electron chi connectivity index (χ4n) is 1.83. The summed E-state index contributed by atoms with van der Waals surface area (Å²) in [7, 11) is 0. The number of unbranched alkanes of at least 4 members (excludes halogenated alkanes) is 8. The van der Waals surface area contributed by atoms with E-state index in [9.17, 15) is 0 Å². The average molecular weight is 234 g/mol. The molecule has 0 aliphatic rings. The van der Waals surface area contributed by atoms with Crippen LogP contribution >= 0.6 is 0 Å². The lowest BCUT2D eigenvalue weighted by molar-refractivity contribution is 0.685. The van der Waals surface area contributed by atoms with Crippen molar-refractivity contribution in [2.75, 3.05) is 0 Å². The monoisotopic (exact) mass is 234 g/mol. The fourth-order valence-corrected chi connectivity index (χ4v) is 1.83. The van der Waals surface area contributed by atoms with Gasteiger partial charge < -0.3 is 0 Å². The van der Waals surface area contributed by atoms with Crippen molar-refractivity contribution in [1.29, 1.82) is 0 Å². The molecule has 0 unspecified atom stereocenters. The van der Waals surface area contributed by atoms with Crippen LogP contribution in [0.25, 0.3) is 0 Å². The Balaban J connectivity index is 3.06. The first-order valence-electron chi connectivity index (χ1n) is 7.29. The maximum Gasteiger partial charge on any atom is -0.0351 e. The van der Waals surface area contributed by atoms with Crippen LogP contribution in [-0.4, -0.2) is 0 Å². The Morgan fingerprint density at radius 3 is 1.59 bits per heavy atom. The van der Waals surface area contributed by atoms with E-state index in [0.29, 0.717) is 0 Å². The average Bonchev–Trinajstić information content (AvgIpc) is 2.35. The molecule has 0 fully saturated rings. The lowest BCUT2D eigenvalue weighted by Gasteiger charge is -1.96. The molecule has 17 heavy (non-hydrogen) atoms. The van der Waals surface area contributed by atoms with Crippen LogP contribution in [0.5, 0.6) is 0 Å². The summed E-state index contributed by atoms with van der Waals surface area (Å²) in [6, 6.07) is 0. The molecule has 0 aliphatic heterocycles. The Labute approximate surface area is 109 Å². The third-order valence-electron chi connectivity index (χ3n) is 2.92. The van der Waals surface area contributed by atoms with E-state index in [2.05, 4.69) is 37.8 Å². The summed E-state index contributed by atoms with van der Waals surface area (Å²) in [5.41, 5.74) is 0. The van der Waals surface area contributed by atoms with Crippen LogP contribution in [0.4, 0.5) is 0 Å². The van der Waals surface area contributed by atoms with Gasteiger partial charge in [0.15, 0.2) is 0 Å². The summed E-state index contributed by atoms with van der Waals surface area (Å²) in [4.78, 5) is 0. The van der Waals surface area contributed by atoms with Gasteiger partial charge in [0.25, 0.3) is 0 Å².